The van der Waals surface area contributed by atoms with Gasteiger partial charge in [0.1, 0.15) is 12.0 Å². The number of ether oxygens (including phenoxy) is 1. The van der Waals surface area contributed by atoms with Gasteiger partial charge in [-0.2, -0.15) is 0 Å². The molecule has 0 aliphatic carbocycles. The maximum Gasteiger partial charge on any atom is 0.240 e. The van der Waals surface area contributed by atoms with Gasteiger partial charge in [0.05, 0.1) is 12.8 Å². The molecule has 0 radical (unpaired) electrons. The SMILES string of the molecule is CCCCCCOc1ncncc1N. The fourth-order valence-electron chi connectivity index (χ4n) is 1.15. The molecule has 0 fully saturated rings. The Morgan fingerprint density at radius 2 is 2.21 bits per heavy atom. The Labute approximate surface area is 84.5 Å². The second-order valence-corrected chi connectivity index (χ2v) is 3.19. The number of rotatable bonds is 6. The van der Waals surface area contributed by atoms with Gasteiger partial charge in [-0.15, -0.1) is 0 Å². The molecule has 0 saturated carbocycles. The highest BCUT2D eigenvalue weighted by Gasteiger charge is 1.99. The van der Waals surface area contributed by atoms with Gasteiger partial charge in [0.2, 0.25) is 5.88 Å². The summed E-state index contributed by atoms with van der Waals surface area (Å²) >= 11 is 0. The van der Waals surface area contributed by atoms with Gasteiger partial charge in [-0.25, -0.2) is 9.97 Å². The van der Waals surface area contributed by atoms with Crippen LogP contribution in [-0.4, -0.2) is 16.6 Å². The lowest BCUT2D eigenvalue weighted by molar-refractivity contribution is 0.295. The normalized spacial score (nSPS) is 10.1. The van der Waals surface area contributed by atoms with E-state index in [-0.39, 0.29) is 0 Å². The highest BCUT2D eigenvalue weighted by molar-refractivity contribution is 5.44. The fraction of sp³-hybridized carbons (Fsp3) is 0.600. The van der Waals surface area contributed by atoms with Crippen molar-refractivity contribution in [1.29, 1.82) is 0 Å². The molecule has 0 aliphatic heterocycles. The monoisotopic (exact) mass is 195 g/mol. The van der Waals surface area contributed by atoms with Crippen molar-refractivity contribution in [2.45, 2.75) is 32.6 Å². The van der Waals surface area contributed by atoms with Gasteiger partial charge in [-0.1, -0.05) is 26.2 Å². The molecule has 1 aromatic heterocycles. The number of unbranched alkanes of at least 4 members (excludes halogenated alkanes) is 3. The molecule has 0 unspecified atom stereocenters. The molecule has 2 N–H and O–H groups in total. The average Bonchev–Trinajstić information content (AvgIpc) is 2.20. The van der Waals surface area contributed by atoms with E-state index in [9.17, 15) is 0 Å². The van der Waals surface area contributed by atoms with Crippen molar-refractivity contribution >= 4 is 5.69 Å². The van der Waals surface area contributed by atoms with Crippen LogP contribution in [0.4, 0.5) is 5.69 Å². The Morgan fingerprint density at radius 3 is 2.93 bits per heavy atom. The quantitative estimate of drug-likeness (QED) is 0.705. The molecule has 0 aromatic carbocycles. The van der Waals surface area contributed by atoms with E-state index < -0.39 is 0 Å². The maximum atomic E-state index is 5.61. The van der Waals surface area contributed by atoms with E-state index in [2.05, 4.69) is 16.9 Å². The zero-order valence-electron chi connectivity index (χ0n) is 8.57. The zero-order chi connectivity index (χ0) is 10.2. The summed E-state index contributed by atoms with van der Waals surface area (Å²) in [5.41, 5.74) is 6.11. The van der Waals surface area contributed by atoms with Crippen LogP contribution in [0.25, 0.3) is 0 Å². The summed E-state index contributed by atoms with van der Waals surface area (Å²) in [5.74, 6) is 0.497. The number of anilines is 1. The summed E-state index contributed by atoms with van der Waals surface area (Å²) in [6.07, 6.45) is 7.73. The number of hydrogen-bond donors (Lipinski definition) is 1. The molecule has 1 heterocycles. The molecule has 0 atom stereocenters. The molecule has 0 aliphatic rings. The van der Waals surface area contributed by atoms with Crippen molar-refractivity contribution in [3.8, 4) is 5.88 Å². The summed E-state index contributed by atoms with van der Waals surface area (Å²) in [6, 6.07) is 0. The molecule has 0 amide bonds. The summed E-state index contributed by atoms with van der Waals surface area (Å²) in [5, 5.41) is 0. The minimum absolute atomic E-state index is 0.497. The third-order valence-corrected chi connectivity index (χ3v) is 1.94. The first kappa shape index (κ1) is 10.8. The number of hydrogen-bond acceptors (Lipinski definition) is 4. The molecule has 1 rings (SSSR count). The van der Waals surface area contributed by atoms with Gasteiger partial charge in [-0.05, 0) is 6.42 Å². The van der Waals surface area contributed by atoms with Gasteiger partial charge < -0.3 is 10.5 Å². The van der Waals surface area contributed by atoms with E-state index in [1.54, 1.807) is 6.20 Å². The molecule has 0 bridgehead atoms. The average molecular weight is 195 g/mol. The molecule has 4 nitrogen and oxygen atoms in total. The molecule has 0 saturated heterocycles. The molecule has 4 heteroatoms. The maximum absolute atomic E-state index is 5.61. The minimum Gasteiger partial charge on any atom is -0.476 e. The van der Waals surface area contributed by atoms with Crippen molar-refractivity contribution in [1.82, 2.24) is 9.97 Å². The second-order valence-electron chi connectivity index (χ2n) is 3.19. The first-order chi connectivity index (χ1) is 6.84. The van der Waals surface area contributed by atoms with E-state index in [1.165, 1.54) is 25.6 Å². The lowest BCUT2D eigenvalue weighted by Crippen LogP contribution is -2.02. The van der Waals surface area contributed by atoms with Crippen molar-refractivity contribution in [3.63, 3.8) is 0 Å². The molecular formula is C10H17N3O. The third-order valence-electron chi connectivity index (χ3n) is 1.94. The molecule has 14 heavy (non-hydrogen) atoms. The van der Waals surface area contributed by atoms with Crippen LogP contribution in [0.15, 0.2) is 12.5 Å². The Bertz CT molecular complexity index is 265. The van der Waals surface area contributed by atoms with Gasteiger partial charge in [0.15, 0.2) is 0 Å². The van der Waals surface area contributed by atoms with Crippen molar-refractivity contribution in [2.75, 3.05) is 12.3 Å². The standard InChI is InChI=1S/C10H17N3O/c1-2-3-4-5-6-14-10-9(11)7-12-8-13-10/h7-8H,2-6,11H2,1H3. The molecule has 1 aromatic rings. The Morgan fingerprint density at radius 1 is 1.36 bits per heavy atom. The zero-order valence-corrected chi connectivity index (χ0v) is 8.57. The first-order valence-electron chi connectivity index (χ1n) is 5.03. The van der Waals surface area contributed by atoms with Crippen molar-refractivity contribution in [2.24, 2.45) is 0 Å². The number of nitrogens with zero attached hydrogens (tertiary/aromatic N) is 2. The number of nitrogens with two attached hydrogens (primary N) is 1. The van der Waals surface area contributed by atoms with Crippen molar-refractivity contribution < 1.29 is 4.74 Å². The van der Waals surface area contributed by atoms with E-state index in [0.29, 0.717) is 18.2 Å². The van der Waals surface area contributed by atoms with Crippen LogP contribution in [0.1, 0.15) is 32.6 Å². The smallest absolute Gasteiger partial charge is 0.240 e. The van der Waals surface area contributed by atoms with Crippen LogP contribution in [0, 0.1) is 0 Å². The van der Waals surface area contributed by atoms with Crippen LogP contribution < -0.4 is 10.5 Å². The summed E-state index contributed by atoms with van der Waals surface area (Å²) in [6.45, 7) is 2.87. The van der Waals surface area contributed by atoms with E-state index in [0.717, 1.165) is 6.42 Å². The molecular weight excluding hydrogens is 178 g/mol. The van der Waals surface area contributed by atoms with Crippen LogP contribution in [-0.2, 0) is 0 Å². The van der Waals surface area contributed by atoms with Gasteiger partial charge in [-0.3, -0.25) is 0 Å². The summed E-state index contributed by atoms with van der Waals surface area (Å²) in [4.78, 5) is 7.72. The highest BCUT2D eigenvalue weighted by atomic mass is 16.5. The lowest BCUT2D eigenvalue weighted by atomic mass is 10.2. The summed E-state index contributed by atoms with van der Waals surface area (Å²) < 4.78 is 5.41. The molecule has 0 spiro atoms. The van der Waals surface area contributed by atoms with Crippen LogP contribution in [0.5, 0.6) is 5.88 Å². The van der Waals surface area contributed by atoms with Crippen LogP contribution >= 0.6 is 0 Å². The van der Waals surface area contributed by atoms with Crippen LogP contribution in [0.3, 0.4) is 0 Å². The van der Waals surface area contributed by atoms with Crippen molar-refractivity contribution in [3.05, 3.63) is 12.5 Å². The van der Waals surface area contributed by atoms with E-state index >= 15 is 0 Å². The second kappa shape index (κ2) is 6.18. The largest absolute Gasteiger partial charge is 0.476 e. The van der Waals surface area contributed by atoms with Gasteiger partial charge >= 0.3 is 0 Å². The number of aromatic nitrogens is 2. The van der Waals surface area contributed by atoms with Crippen LogP contribution in [0.2, 0.25) is 0 Å². The van der Waals surface area contributed by atoms with Gasteiger partial charge in [0, 0.05) is 0 Å². The first-order valence-corrected chi connectivity index (χ1v) is 5.03. The lowest BCUT2D eigenvalue weighted by Gasteiger charge is -2.05. The minimum atomic E-state index is 0.497. The van der Waals surface area contributed by atoms with E-state index in [4.69, 9.17) is 10.5 Å². The predicted molar refractivity (Wildman–Crippen MR) is 56.1 cm³/mol. The number of nitrogen functional groups attached to an aromatic ring is 1. The Balaban J connectivity index is 2.21. The summed E-state index contributed by atoms with van der Waals surface area (Å²) in [7, 11) is 0. The third kappa shape index (κ3) is 3.60. The predicted octanol–water partition coefficient (Wildman–Crippen LogP) is 2.02. The topological polar surface area (TPSA) is 61.0 Å². The Hall–Kier alpha value is -1.32. The van der Waals surface area contributed by atoms with Gasteiger partial charge in [0.25, 0.3) is 0 Å². The fourth-order valence-corrected chi connectivity index (χ4v) is 1.15. The Kier molecular flexibility index (Phi) is 4.75. The van der Waals surface area contributed by atoms with E-state index in [1.807, 2.05) is 0 Å². The molecule has 78 valence electrons. The highest BCUT2D eigenvalue weighted by Crippen LogP contribution is 2.14.